The molecule has 0 aliphatic carbocycles. The number of para-hydroxylation sites is 1. The van der Waals surface area contributed by atoms with Crippen molar-refractivity contribution >= 4 is 11.7 Å². The Morgan fingerprint density at radius 3 is 2.78 bits per heavy atom. The Morgan fingerprint density at radius 1 is 1.11 bits per heavy atom. The van der Waals surface area contributed by atoms with Crippen molar-refractivity contribution in [2.45, 2.75) is 26.2 Å². The maximum absolute atomic E-state index is 12.5. The number of carbonyl (C=O) groups is 1. The minimum atomic E-state index is -0.0685. The number of aromatic nitrogens is 2. The van der Waals surface area contributed by atoms with E-state index in [0.717, 1.165) is 45.4 Å². The van der Waals surface area contributed by atoms with Crippen molar-refractivity contribution in [1.29, 1.82) is 0 Å². The molecule has 3 aromatic rings. The predicted molar refractivity (Wildman–Crippen MR) is 101 cm³/mol. The molecule has 27 heavy (non-hydrogen) atoms. The molecule has 0 bridgehead atoms. The molecular weight excluding hydrogens is 342 g/mol. The van der Waals surface area contributed by atoms with Crippen LogP contribution in [0.15, 0.2) is 42.5 Å². The van der Waals surface area contributed by atoms with E-state index in [0.29, 0.717) is 6.42 Å². The Kier molecular flexibility index (Phi) is 3.47. The van der Waals surface area contributed by atoms with E-state index < -0.39 is 0 Å². The van der Waals surface area contributed by atoms with Crippen LogP contribution in [0.5, 0.6) is 11.5 Å². The van der Waals surface area contributed by atoms with E-state index in [-0.39, 0.29) is 18.6 Å². The normalized spacial score (nSPS) is 17.6. The highest BCUT2D eigenvalue weighted by molar-refractivity contribution is 5.95. The SMILES string of the molecule is Cc1ccccc1-n1nc(C)c2c1NC(=O)CC2c1ccc2c(c1)OCO2. The molecule has 2 aromatic carbocycles. The van der Waals surface area contributed by atoms with Crippen molar-refractivity contribution < 1.29 is 14.3 Å². The summed E-state index contributed by atoms with van der Waals surface area (Å²) in [7, 11) is 0. The van der Waals surface area contributed by atoms with Gasteiger partial charge in [0.15, 0.2) is 11.5 Å². The fraction of sp³-hybridized carbons (Fsp3) is 0.238. The molecule has 1 atom stereocenters. The van der Waals surface area contributed by atoms with Gasteiger partial charge in [-0.05, 0) is 43.2 Å². The van der Waals surface area contributed by atoms with Gasteiger partial charge < -0.3 is 14.8 Å². The second kappa shape index (κ2) is 5.87. The van der Waals surface area contributed by atoms with E-state index in [2.05, 4.69) is 5.32 Å². The summed E-state index contributed by atoms with van der Waals surface area (Å²) in [5, 5.41) is 7.78. The highest BCUT2D eigenvalue weighted by Crippen LogP contribution is 2.43. The molecule has 6 nitrogen and oxygen atoms in total. The molecule has 0 fully saturated rings. The molecule has 3 heterocycles. The number of hydrogen-bond acceptors (Lipinski definition) is 4. The minimum absolute atomic E-state index is 0.0140. The largest absolute Gasteiger partial charge is 0.454 e. The van der Waals surface area contributed by atoms with E-state index >= 15 is 0 Å². The quantitative estimate of drug-likeness (QED) is 0.756. The highest BCUT2D eigenvalue weighted by Gasteiger charge is 2.33. The van der Waals surface area contributed by atoms with Gasteiger partial charge in [0.1, 0.15) is 5.82 Å². The zero-order valence-corrected chi connectivity index (χ0v) is 15.2. The molecule has 2 aliphatic heterocycles. The number of hydrogen-bond donors (Lipinski definition) is 1. The zero-order valence-electron chi connectivity index (χ0n) is 15.2. The van der Waals surface area contributed by atoms with Crippen LogP contribution in [-0.4, -0.2) is 22.5 Å². The lowest BCUT2D eigenvalue weighted by atomic mass is 9.85. The molecule has 1 N–H and O–H groups in total. The Labute approximate surface area is 156 Å². The third-order valence-corrected chi connectivity index (χ3v) is 5.25. The topological polar surface area (TPSA) is 65.4 Å². The molecule has 2 aliphatic rings. The van der Waals surface area contributed by atoms with Crippen molar-refractivity contribution in [3.8, 4) is 17.2 Å². The second-order valence-corrected chi connectivity index (χ2v) is 6.96. The number of amides is 1. The number of benzene rings is 2. The van der Waals surface area contributed by atoms with Gasteiger partial charge in [0, 0.05) is 17.9 Å². The number of ether oxygens (including phenoxy) is 2. The summed E-state index contributed by atoms with van der Waals surface area (Å²) in [5.74, 6) is 2.14. The van der Waals surface area contributed by atoms with Gasteiger partial charge in [0.25, 0.3) is 0 Å². The van der Waals surface area contributed by atoms with Gasteiger partial charge >= 0.3 is 0 Å². The first-order valence-corrected chi connectivity index (χ1v) is 8.97. The first-order valence-electron chi connectivity index (χ1n) is 8.97. The third-order valence-electron chi connectivity index (χ3n) is 5.25. The summed E-state index contributed by atoms with van der Waals surface area (Å²) in [5.41, 5.74) is 5.06. The number of rotatable bonds is 2. The van der Waals surface area contributed by atoms with Crippen molar-refractivity contribution in [2.24, 2.45) is 0 Å². The van der Waals surface area contributed by atoms with Crippen LogP contribution in [0.25, 0.3) is 5.69 Å². The Balaban J connectivity index is 1.66. The number of nitrogens with one attached hydrogen (secondary N) is 1. The summed E-state index contributed by atoms with van der Waals surface area (Å²) in [6, 6.07) is 13.9. The number of anilines is 1. The van der Waals surface area contributed by atoms with Crippen molar-refractivity contribution in [1.82, 2.24) is 9.78 Å². The van der Waals surface area contributed by atoms with Gasteiger partial charge in [-0.25, -0.2) is 4.68 Å². The monoisotopic (exact) mass is 361 g/mol. The van der Waals surface area contributed by atoms with Gasteiger partial charge in [-0.2, -0.15) is 5.10 Å². The molecule has 0 saturated carbocycles. The van der Waals surface area contributed by atoms with E-state index in [4.69, 9.17) is 14.6 Å². The van der Waals surface area contributed by atoms with Crippen molar-refractivity contribution in [3.05, 3.63) is 64.8 Å². The lowest BCUT2D eigenvalue weighted by Gasteiger charge is -2.24. The first kappa shape index (κ1) is 15.9. The van der Waals surface area contributed by atoms with Gasteiger partial charge in [-0.3, -0.25) is 4.79 Å². The third kappa shape index (κ3) is 2.48. The number of aryl methyl sites for hydroxylation is 2. The fourth-order valence-electron chi connectivity index (χ4n) is 3.94. The van der Waals surface area contributed by atoms with Crippen LogP contribution in [0.3, 0.4) is 0 Å². The van der Waals surface area contributed by atoms with Crippen LogP contribution in [-0.2, 0) is 4.79 Å². The maximum Gasteiger partial charge on any atom is 0.231 e. The Bertz CT molecular complexity index is 1070. The number of nitrogens with zero attached hydrogens (tertiary/aromatic N) is 2. The summed E-state index contributed by atoms with van der Waals surface area (Å²) in [6.07, 6.45) is 0.382. The molecule has 1 aromatic heterocycles. The lowest BCUT2D eigenvalue weighted by Crippen LogP contribution is -2.25. The van der Waals surface area contributed by atoms with Crippen LogP contribution in [0.2, 0.25) is 0 Å². The van der Waals surface area contributed by atoms with Gasteiger partial charge in [0.05, 0.1) is 11.4 Å². The predicted octanol–water partition coefficient (Wildman–Crippen LogP) is 3.69. The van der Waals surface area contributed by atoms with Crippen LogP contribution < -0.4 is 14.8 Å². The molecule has 136 valence electrons. The smallest absolute Gasteiger partial charge is 0.231 e. The van der Waals surface area contributed by atoms with E-state index in [1.54, 1.807) is 0 Å². The summed E-state index contributed by atoms with van der Waals surface area (Å²) >= 11 is 0. The van der Waals surface area contributed by atoms with Gasteiger partial charge in [-0.1, -0.05) is 24.3 Å². The first-order chi connectivity index (χ1) is 13.1. The van der Waals surface area contributed by atoms with Crippen molar-refractivity contribution in [3.63, 3.8) is 0 Å². The van der Waals surface area contributed by atoms with Gasteiger partial charge in [-0.15, -0.1) is 0 Å². The van der Waals surface area contributed by atoms with E-state index in [1.165, 1.54) is 0 Å². The molecule has 0 spiro atoms. The Hall–Kier alpha value is -3.28. The summed E-state index contributed by atoms with van der Waals surface area (Å²) < 4.78 is 12.8. The molecule has 1 unspecified atom stereocenters. The average molecular weight is 361 g/mol. The number of carbonyl (C=O) groups excluding carboxylic acids is 1. The minimum Gasteiger partial charge on any atom is -0.454 e. The molecule has 6 heteroatoms. The van der Waals surface area contributed by atoms with Crippen LogP contribution in [0, 0.1) is 13.8 Å². The molecule has 0 radical (unpaired) electrons. The van der Waals surface area contributed by atoms with Gasteiger partial charge in [0.2, 0.25) is 12.7 Å². The molecular formula is C21H19N3O3. The second-order valence-electron chi connectivity index (χ2n) is 6.96. The molecule has 0 saturated heterocycles. The highest BCUT2D eigenvalue weighted by atomic mass is 16.7. The van der Waals surface area contributed by atoms with Crippen LogP contribution in [0.4, 0.5) is 5.82 Å². The van der Waals surface area contributed by atoms with E-state index in [9.17, 15) is 4.79 Å². The summed E-state index contributed by atoms with van der Waals surface area (Å²) in [4.78, 5) is 12.5. The zero-order chi connectivity index (χ0) is 18.5. The molecule has 1 amide bonds. The lowest BCUT2D eigenvalue weighted by molar-refractivity contribution is -0.116. The standard InChI is InChI=1S/C21H19N3O3/c1-12-5-3-4-6-16(12)24-21-20(13(2)23-24)15(10-19(25)22-21)14-7-8-17-18(9-14)27-11-26-17/h3-9,15H,10-11H2,1-2H3,(H,22,25). The van der Waals surface area contributed by atoms with Crippen molar-refractivity contribution in [2.75, 3.05) is 12.1 Å². The maximum atomic E-state index is 12.5. The summed E-state index contributed by atoms with van der Waals surface area (Å²) in [6.45, 7) is 4.27. The fourth-order valence-corrected chi connectivity index (χ4v) is 3.94. The Morgan fingerprint density at radius 2 is 1.93 bits per heavy atom. The van der Waals surface area contributed by atoms with E-state index in [1.807, 2.05) is 61.0 Å². The van der Waals surface area contributed by atoms with Crippen LogP contribution >= 0.6 is 0 Å². The number of fused-ring (bicyclic) bond motifs is 2. The van der Waals surface area contributed by atoms with Crippen LogP contribution in [0.1, 0.15) is 34.7 Å². The molecule has 5 rings (SSSR count). The average Bonchev–Trinajstić information content (AvgIpc) is 3.25.